The molecule has 0 radical (unpaired) electrons. The van der Waals surface area contributed by atoms with Crippen LogP contribution in [0.3, 0.4) is 0 Å². The molecule has 1 N–H and O–H groups in total. The summed E-state index contributed by atoms with van der Waals surface area (Å²) in [6.45, 7) is 2.34. The molecule has 9 nitrogen and oxygen atoms in total. The Labute approximate surface area is 205 Å². The first kappa shape index (κ1) is 26.8. The van der Waals surface area contributed by atoms with E-state index in [-0.39, 0.29) is 0 Å². The Kier molecular flexibility index (Phi) is 8.98. The average molecular weight is 508 g/mol. The van der Waals surface area contributed by atoms with E-state index in [1.807, 2.05) is 36.4 Å². The average Bonchev–Trinajstić information content (AvgIpc) is 2.83. The highest BCUT2D eigenvalue weighted by Crippen LogP contribution is 2.33. The van der Waals surface area contributed by atoms with Crippen molar-refractivity contribution in [1.29, 1.82) is 0 Å². The Morgan fingerprint density at radius 2 is 1.54 bits per heavy atom. The van der Waals surface area contributed by atoms with Crippen LogP contribution in [-0.4, -0.2) is 27.4 Å². The van der Waals surface area contributed by atoms with E-state index < -0.39 is 10.2 Å². The van der Waals surface area contributed by atoms with E-state index in [9.17, 15) is 0 Å². The molecule has 1 saturated carbocycles. The number of hydrogen-bond acceptors (Lipinski definition) is 8. The molecule has 0 aliphatic heterocycles. The smallest absolute Gasteiger partial charge is 0.213 e. The van der Waals surface area contributed by atoms with Gasteiger partial charge in [-0.15, -0.1) is 10.2 Å². The minimum absolute atomic E-state index is 0.453. The van der Waals surface area contributed by atoms with Crippen LogP contribution in [0.15, 0.2) is 46.9 Å². The fourth-order valence-electron chi connectivity index (χ4n) is 4.27. The number of halogens is 1. The second-order valence-corrected chi connectivity index (χ2v) is 9.10. The molecule has 0 saturated heterocycles. The van der Waals surface area contributed by atoms with Gasteiger partial charge in [0.15, 0.2) is 17.5 Å². The Morgan fingerprint density at radius 1 is 0.857 bits per heavy atom. The second-order valence-electron chi connectivity index (χ2n) is 8.35. The molecule has 1 aliphatic carbocycles. The molecule has 1 heterocycles. The summed E-state index contributed by atoms with van der Waals surface area (Å²) in [4.78, 5) is 3.81. The highest BCUT2D eigenvalue weighted by Gasteiger charge is 2.25. The predicted molar refractivity (Wildman–Crippen MR) is 117 cm³/mol. The van der Waals surface area contributed by atoms with Gasteiger partial charge in [-0.25, -0.2) is 23.6 Å². The summed E-state index contributed by atoms with van der Waals surface area (Å²) in [5.74, 6) is 3.61. The topological polar surface area (TPSA) is 147 Å². The van der Waals surface area contributed by atoms with E-state index in [1.54, 1.807) is 21.3 Å². The van der Waals surface area contributed by atoms with E-state index in [1.165, 1.54) is 25.7 Å². The van der Waals surface area contributed by atoms with Gasteiger partial charge in [0.25, 0.3) is 0 Å². The van der Waals surface area contributed by atoms with E-state index in [2.05, 4.69) is 18.0 Å². The zero-order valence-electron chi connectivity index (χ0n) is 20.2. The molecule has 1 aromatic heterocycles. The minimum Gasteiger partial charge on any atom is -0.497 e. The minimum atomic E-state index is -4.94. The van der Waals surface area contributed by atoms with Crippen LogP contribution in [-0.2, 0) is 0 Å². The van der Waals surface area contributed by atoms with Crippen LogP contribution in [0.25, 0.3) is 22.3 Å². The first-order valence-electron chi connectivity index (χ1n) is 11.2. The van der Waals surface area contributed by atoms with Gasteiger partial charge in [-0.05, 0) is 49.2 Å². The van der Waals surface area contributed by atoms with Crippen LogP contribution in [0.1, 0.15) is 32.6 Å². The standard InChI is InChI=1S/C25H29NO4.ClHO4/c1-16-7-5-6-8-20(16)26-21-15-24(17-9-11-23(28-3)25(13-17)29-4)30-22-12-10-18(27-2)14-19(21)22;2-1(3,4)5/h9-16,20H,5-8H2,1-4H3;(H,2,3,4,5). The van der Waals surface area contributed by atoms with E-state index in [0.29, 0.717) is 23.5 Å². The summed E-state index contributed by atoms with van der Waals surface area (Å²) in [5, 5.41) is 2.09. The molecule has 2 atom stereocenters. The lowest BCUT2D eigenvalue weighted by atomic mass is 9.86. The SMILES string of the molecule is COc1ccc2oc(-c3ccc(OC)c(OC)c3)cc(=[NH+]C3CCCCC3C)c2c1.[O-][Cl+3]([O-])([O-])[O-]. The van der Waals surface area contributed by atoms with Gasteiger partial charge in [-0.2, -0.15) is 0 Å². The normalized spacial score (nSPS) is 18.6. The van der Waals surface area contributed by atoms with Crippen molar-refractivity contribution in [3.63, 3.8) is 0 Å². The quantitative estimate of drug-likeness (QED) is 0.459. The highest BCUT2D eigenvalue weighted by atomic mass is 35.7. The Hall–Kier alpha value is -2.82. The first-order valence-corrected chi connectivity index (χ1v) is 12.4. The van der Waals surface area contributed by atoms with Crippen molar-refractivity contribution < 1.29 is 52.5 Å². The Bertz CT molecular complexity index is 1200. The van der Waals surface area contributed by atoms with Crippen LogP contribution in [0.2, 0.25) is 0 Å². The third-order valence-corrected chi connectivity index (χ3v) is 6.09. The fraction of sp³-hybridized carbons (Fsp3) is 0.400. The van der Waals surface area contributed by atoms with Crippen LogP contribution in [0.5, 0.6) is 17.2 Å². The van der Waals surface area contributed by atoms with Gasteiger partial charge in [0.1, 0.15) is 17.1 Å². The zero-order chi connectivity index (χ0) is 25.6. The molecule has 35 heavy (non-hydrogen) atoms. The number of benzene rings is 2. The van der Waals surface area contributed by atoms with Crippen molar-refractivity contribution in [2.24, 2.45) is 5.92 Å². The van der Waals surface area contributed by atoms with Gasteiger partial charge in [0, 0.05) is 17.9 Å². The number of methoxy groups -OCH3 is 3. The van der Waals surface area contributed by atoms with Gasteiger partial charge in [0.2, 0.25) is 5.36 Å². The Balaban J connectivity index is 0.000000623. The van der Waals surface area contributed by atoms with Crippen LogP contribution < -0.4 is 43.2 Å². The van der Waals surface area contributed by atoms with Gasteiger partial charge >= 0.3 is 0 Å². The Morgan fingerprint density at radius 3 is 2.17 bits per heavy atom. The summed E-state index contributed by atoms with van der Waals surface area (Å²) < 4.78 is 56.6. The number of fused-ring (bicyclic) bond motifs is 1. The molecule has 10 heteroatoms. The molecule has 0 spiro atoms. The summed E-state index contributed by atoms with van der Waals surface area (Å²) in [6, 6.07) is 14.3. The third-order valence-electron chi connectivity index (χ3n) is 6.09. The maximum absolute atomic E-state index is 8.49. The molecule has 1 aliphatic rings. The van der Waals surface area contributed by atoms with Crippen LogP contribution in [0, 0.1) is 16.2 Å². The number of rotatable bonds is 5. The zero-order valence-corrected chi connectivity index (χ0v) is 20.9. The summed E-state index contributed by atoms with van der Waals surface area (Å²) in [6.07, 6.45) is 5.03. The van der Waals surface area contributed by atoms with Gasteiger partial charge in [-0.3, -0.25) is 0 Å². The summed E-state index contributed by atoms with van der Waals surface area (Å²) in [7, 11) is 0.0220. The van der Waals surface area contributed by atoms with Crippen molar-refractivity contribution in [1.82, 2.24) is 0 Å². The van der Waals surface area contributed by atoms with Crippen molar-refractivity contribution in [2.75, 3.05) is 21.3 Å². The molecule has 4 rings (SSSR count). The predicted octanol–water partition coefficient (Wildman–Crippen LogP) is -1.07. The van der Waals surface area contributed by atoms with E-state index >= 15 is 0 Å². The van der Waals surface area contributed by atoms with Crippen LogP contribution >= 0.6 is 0 Å². The molecule has 0 bridgehead atoms. The molecule has 1 fully saturated rings. The molecule has 0 amide bonds. The molecular weight excluding hydrogens is 478 g/mol. The molecule has 190 valence electrons. The lowest BCUT2D eigenvalue weighted by molar-refractivity contribution is -2.00. The van der Waals surface area contributed by atoms with Crippen molar-refractivity contribution in [3.05, 3.63) is 47.8 Å². The largest absolute Gasteiger partial charge is 0.497 e. The van der Waals surface area contributed by atoms with E-state index in [4.69, 9.17) is 37.3 Å². The van der Waals surface area contributed by atoms with Crippen LogP contribution in [0.4, 0.5) is 0 Å². The molecule has 2 aromatic carbocycles. The van der Waals surface area contributed by atoms with Gasteiger partial charge in [-0.1, -0.05) is 13.3 Å². The van der Waals surface area contributed by atoms with Gasteiger partial charge < -0.3 is 18.6 Å². The molecule has 2 unspecified atom stereocenters. The number of nitrogens with one attached hydrogen (secondary N) is 1. The van der Waals surface area contributed by atoms with Crippen molar-refractivity contribution >= 4 is 11.0 Å². The lowest BCUT2D eigenvalue weighted by Crippen LogP contribution is -2.84. The molecule has 3 aromatic rings. The van der Waals surface area contributed by atoms with Crippen molar-refractivity contribution in [3.8, 4) is 28.6 Å². The first-order chi connectivity index (χ1) is 16.6. The summed E-state index contributed by atoms with van der Waals surface area (Å²) >= 11 is 0. The van der Waals surface area contributed by atoms with E-state index in [0.717, 1.165) is 33.4 Å². The number of ether oxygens (including phenoxy) is 3. The monoisotopic (exact) mass is 507 g/mol. The summed E-state index contributed by atoms with van der Waals surface area (Å²) in [5.41, 5.74) is 1.75. The third kappa shape index (κ3) is 7.33. The number of hydrogen-bond donors (Lipinski definition) is 1. The van der Waals surface area contributed by atoms with Crippen molar-refractivity contribution in [2.45, 2.75) is 38.6 Å². The molecular formula is C25H30ClNO8. The maximum atomic E-state index is 8.49. The second kappa shape index (κ2) is 11.7. The highest BCUT2D eigenvalue weighted by molar-refractivity contribution is 5.79. The maximum Gasteiger partial charge on any atom is 0.213 e. The lowest BCUT2D eigenvalue weighted by Gasteiger charge is -2.21. The van der Waals surface area contributed by atoms with Gasteiger partial charge in [0.05, 0.1) is 32.8 Å². The fourth-order valence-corrected chi connectivity index (χ4v) is 4.27.